The normalized spacial score (nSPS) is 14.3. The second-order valence-electron chi connectivity index (χ2n) is 15.8. The summed E-state index contributed by atoms with van der Waals surface area (Å²) in [6.45, 7) is 2.40. The molecule has 0 radical (unpaired) electrons. The average Bonchev–Trinajstić information content (AvgIpc) is 3.57. The van der Waals surface area contributed by atoms with Crippen LogP contribution in [0.3, 0.4) is 0 Å². The SMILES string of the molecule is CC1(c2ccccc2)c2ccccc2-c2ccc(N(c3ccc(-c4cccc5ccccc45)cc3)c3ccccc3-c3cccc4cccc(-c5ccccc5)c34)cc21. The predicted octanol–water partition coefficient (Wildman–Crippen LogP) is 15.8. The summed E-state index contributed by atoms with van der Waals surface area (Å²) in [5, 5.41) is 4.98. The summed E-state index contributed by atoms with van der Waals surface area (Å²) in [6, 6.07) is 84.6. The van der Waals surface area contributed by atoms with Crippen LogP contribution in [-0.2, 0) is 5.41 Å². The molecule has 1 aliphatic carbocycles. The Hall–Kier alpha value is -7.48. The van der Waals surface area contributed by atoms with Gasteiger partial charge in [0.2, 0.25) is 0 Å². The van der Waals surface area contributed by atoms with Crippen LogP contribution < -0.4 is 4.90 Å². The van der Waals surface area contributed by atoms with Crippen molar-refractivity contribution in [3.05, 3.63) is 247 Å². The van der Waals surface area contributed by atoms with Crippen molar-refractivity contribution in [3.63, 3.8) is 0 Å². The highest BCUT2D eigenvalue weighted by molar-refractivity contribution is 6.09. The van der Waals surface area contributed by atoms with E-state index in [2.05, 4.69) is 242 Å². The van der Waals surface area contributed by atoms with Gasteiger partial charge in [-0.2, -0.15) is 0 Å². The fraction of sp³-hybridized carbons (Fsp3) is 0.0345. The Morgan fingerprint density at radius 1 is 0.339 bits per heavy atom. The van der Waals surface area contributed by atoms with Crippen LogP contribution in [0, 0.1) is 0 Å². The monoisotopic (exact) mass is 751 g/mol. The predicted molar refractivity (Wildman–Crippen MR) is 250 cm³/mol. The summed E-state index contributed by atoms with van der Waals surface area (Å²) < 4.78 is 0. The minimum Gasteiger partial charge on any atom is -0.310 e. The highest BCUT2D eigenvalue weighted by Gasteiger charge is 2.41. The third-order valence-electron chi connectivity index (χ3n) is 12.6. The molecule has 0 heterocycles. The van der Waals surface area contributed by atoms with Crippen LogP contribution in [0.25, 0.3) is 66.1 Å². The van der Waals surface area contributed by atoms with Gasteiger partial charge in [-0.1, -0.05) is 200 Å². The molecule has 1 nitrogen and oxygen atoms in total. The zero-order valence-corrected chi connectivity index (χ0v) is 32.9. The molecule has 0 fully saturated rings. The van der Waals surface area contributed by atoms with Crippen molar-refractivity contribution in [1.82, 2.24) is 0 Å². The molecule has 0 spiro atoms. The van der Waals surface area contributed by atoms with Crippen LogP contribution in [-0.4, -0.2) is 0 Å². The van der Waals surface area contributed by atoms with Crippen molar-refractivity contribution in [2.24, 2.45) is 0 Å². The molecule has 0 saturated heterocycles. The van der Waals surface area contributed by atoms with E-state index in [-0.39, 0.29) is 5.41 Å². The fourth-order valence-electron chi connectivity index (χ4n) is 9.72. The zero-order chi connectivity index (χ0) is 39.3. The van der Waals surface area contributed by atoms with Crippen LogP contribution >= 0.6 is 0 Å². The van der Waals surface area contributed by atoms with E-state index in [0.717, 1.165) is 17.1 Å². The number of hydrogen-bond donors (Lipinski definition) is 0. The third-order valence-corrected chi connectivity index (χ3v) is 12.6. The van der Waals surface area contributed by atoms with Gasteiger partial charge in [-0.05, 0) is 114 Å². The lowest BCUT2D eigenvalue weighted by Crippen LogP contribution is -2.22. The van der Waals surface area contributed by atoms with E-state index in [4.69, 9.17) is 0 Å². The molecule has 0 aromatic heterocycles. The molecular weight excluding hydrogens is 711 g/mol. The molecule has 10 aromatic carbocycles. The molecular formula is C58H41N. The lowest BCUT2D eigenvalue weighted by molar-refractivity contribution is 0.714. The van der Waals surface area contributed by atoms with Crippen molar-refractivity contribution in [2.75, 3.05) is 4.90 Å². The van der Waals surface area contributed by atoms with Gasteiger partial charge in [0, 0.05) is 22.4 Å². The summed E-state index contributed by atoms with van der Waals surface area (Å²) in [6.07, 6.45) is 0. The Balaban J connectivity index is 1.14. The number of rotatable bonds is 7. The van der Waals surface area contributed by atoms with Crippen molar-refractivity contribution >= 4 is 38.6 Å². The molecule has 0 aliphatic heterocycles. The number of nitrogens with zero attached hydrogens (tertiary/aromatic N) is 1. The topological polar surface area (TPSA) is 3.24 Å². The average molecular weight is 752 g/mol. The fourth-order valence-corrected chi connectivity index (χ4v) is 9.72. The standard InChI is InChI=1S/C58H41N/c1-58(44-23-6-3-7-24-44)54-31-12-10-26-50(54)51-38-37-46(39-55(51)58)59(45-35-33-42(34-36-45)48-28-14-20-40-19-8-9-25-47(40)48)56-32-13-11-27-52(56)53-30-16-22-43-21-15-29-49(57(43)53)41-17-4-2-5-18-41/h2-39H,1H3. The molecule has 1 atom stereocenters. The van der Waals surface area contributed by atoms with Gasteiger partial charge in [-0.15, -0.1) is 0 Å². The van der Waals surface area contributed by atoms with Gasteiger partial charge in [0.1, 0.15) is 0 Å². The lowest BCUT2D eigenvalue weighted by Gasteiger charge is -2.32. The van der Waals surface area contributed by atoms with Gasteiger partial charge < -0.3 is 4.90 Å². The molecule has 1 unspecified atom stereocenters. The molecule has 10 aromatic rings. The van der Waals surface area contributed by atoms with E-state index in [1.54, 1.807) is 0 Å². The van der Waals surface area contributed by atoms with Crippen molar-refractivity contribution in [1.29, 1.82) is 0 Å². The van der Waals surface area contributed by atoms with Gasteiger partial charge in [0.15, 0.2) is 0 Å². The first-order valence-corrected chi connectivity index (χ1v) is 20.5. The number of fused-ring (bicyclic) bond motifs is 5. The second-order valence-corrected chi connectivity index (χ2v) is 15.8. The Morgan fingerprint density at radius 2 is 0.881 bits per heavy atom. The molecule has 11 rings (SSSR count). The summed E-state index contributed by atoms with van der Waals surface area (Å²) >= 11 is 0. The van der Waals surface area contributed by atoms with Crippen LogP contribution in [0.5, 0.6) is 0 Å². The largest absolute Gasteiger partial charge is 0.310 e. The van der Waals surface area contributed by atoms with E-state index in [1.807, 2.05) is 0 Å². The molecule has 0 amide bonds. The molecule has 0 saturated carbocycles. The van der Waals surface area contributed by atoms with Crippen LogP contribution in [0.15, 0.2) is 231 Å². The lowest BCUT2D eigenvalue weighted by atomic mass is 9.74. The van der Waals surface area contributed by atoms with Gasteiger partial charge in [0.05, 0.1) is 5.69 Å². The van der Waals surface area contributed by atoms with Crippen LogP contribution in [0.1, 0.15) is 23.6 Å². The summed E-state index contributed by atoms with van der Waals surface area (Å²) in [5.74, 6) is 0. The maximum atomic E-state index is 2.47. The van der Waals surface area contributed by atoms with Gasteiger partial charge in [-0.3, -0.25) is 0 Å². The molecule has 278 valence electrons. The first-order chi connectivity index (χ1) is 29.2. The molecule has 1 aliphatic rings. The smallest absolute Gasteiger partial charge is 0.0540 e. The van der Waals surface area contributed by atoms with Gasteiger partial charge >= 0.3 is 0 Å². The quantitative estimate of drug-likeness (QED) is 0.157. The number of anilines is 3. The number of hydrogen-bond acceptors (Lipinski definition) is 1. The second kappa shape index (κ2) is 14.2. The van der Waals surface area contributed by atoms with Crippen molar-refractivity contribution in [3.8, 4) is 44.5 Å². The Labute approximate surface area is 346 Å². The van der Waals surface area contributed by atoms with E-state index in [9.17, 15) is 0 Å². The first kappa shape index (κ1) is 34.7. The molecule has 0 bridgehead atoms. The highest BCUT2D eigenvalue weighted by Crippen LogP contribution is 2.54. The summed E-state index contributed by atoms with van der Waals surface area (Å²) in [7, 11) is 0. The summed E-state index contributed by atoms with van der Waals surface area (Å²) in [4.78, 5) is 2.47. The van der Waals surface area contributed by atoms with E-state index >= 15 is 0 Å². The number of benzene rings is 10. The van der Waals surface area contributed by atoms with Crippen LogP contribution in [0.4, 0.5) is 17.1 Å². The molecule has 0 N–H and O–H groups in total. The van der Waals surface area contributed by atoms with Gasteiger partial charge in [0.25, 0.3) is 0 Å². The molecule has 59 heavy (non-hydrogen) atoms. The highest BCUT2D eigenvalue weighted by atomic mass is 15.1. The van der Waals surface area contributed by atoms with E-state index in [0.29, 0.717) is 0 Å². The number of para-hydroxylation sites is 1. The van der Waals surface area contributed by atoms with E-state index < -0.39 is 0 Å². The zero-order valence-electron chi connectivity index (χ0n) is 32.9. The van der Waals surface area contributed by atoms with Crippen molar-refractivity contribution < 1.29 is 0 Å². The maximum absolute atomic E-state index is 2.47. The van der Waals surface area contributed by atoms with Crippen LogP contribution in [0.2, 0.25) is 0 Å². The summed E-state index contributed by atoms with van der Waals surface area (Å²) in [5.41, 5.74) is 16.8. The Morgan fingerprint density at radius 3 is 1.68 bits per heavy atom. The van der Waals surface area contributed by atoms with Crippen molar-refractivity contribution in [2.45, 2.75) is 12.3 Å². The third kappa shape index (κ3) is 5.69. The Kier molecular flexibility index (Phi) is 8.34. The van der Waals surface area contributed by atoms with Gasteiger partial charge in [-0.25, -0.2) is 0 Å². The van der Waals surface area contributed by atoms with E-state index in [1.165, 1.54) is 82.7 Å². The Bertz CT molecular complexity index is 3150. The first-order valence-electron chi connectivity index (χ1n) is 20.5. The minimum absolute atomic E-state index is 0.327. The molecule has 1 heteroatoms. The maximum Gasteiger partial charge on any atom is 0.0540 e. The minimum atomic E-state index is -0.327.